The number of amides is 1. The number of carbonyl (C=O) groups excluding carboxylic acids is 1. The molecule has 0 radical (unpaired) electrons. The molecule has 1 aromatic carbocycles. The van der Waals surface area contributed by atoms with Crippen LogP contribution in [0.15, 0.2) is 18.2 Å². The average Bonchev–Trinajstić information content (AvgIpc) is 2.36. The summed E-state index contributed by atoms with van der Waals surface area (Å²) < 4.78 is 5.00. The number of nitrogens with one attached hydrogen (secondary N) is 2. The van der Waals surface area contributed by atoms with E-state index in [9.17, 15) is 14.9 Å². The third kappa shape index (κ3) is 3.65. The Kier molecular flexibility index (Phi) is 5.00. The molecule has 1 amide bonds. The number of carbonyl (C=O) groups is 1. The lowest BCUT2D eigenvalue weighted by atomic mass is 10.0. The number of anilines is 1. The quantitative estimate of drug-likeness (QED) is 0.407. The fraction of sp³-hybridized carbons (Fsp3) is 0.417. The maximum atomic E-state index is 12.2. The molecule has 0 saturated carbocycles. The Morgan fingerprint density at radius 1 is 1.50 bits per heavy atom. The van der Waals surface area contributed by atoms with E-state index in [1.807, 2.05) is 0 Å². The Hall–Kier alpha value is -2.19. The highest BCUT2D eigenvalue weighted by Gasteiger charge is 2.25. The minimum atomic E-state index is -0.609. The van der Waals surface area contributed by atoms with Crippen LogP contribution in [0, 0.1) is 10.1 Å². The van der Waals surface area contributed by atoms with Gasteiger partial charge in [-0.05, 0) is 19.9 Å². The number of hydrogen-bond acceptors (Lipinski definition) is 6. The maximum Gasteiger partial charge on any atom is 0.294 e. The number of methoxy groups -OCH3 is 1. The van der Waals surface area contributed by atoms with Crippen molar-refractivity contribution < 1.29 is 14.5 Å². The van der Waals surface area contributed by atoms with E-state index >= 15 is 0 Å². The molecule has 0 aliphatic heterocycles. The number of nitro groups is 1. The number of hydrogen-bond donors (Lipinski definition) is 3. The van der Waals surface area contributed by atoms with Gasteiger partial charge in [-0.3, -0.25) is 20.8 Å². The van der Waals surface area contributed by atoms with Crippen molar-refractivity contribution in [3.8, 4) is 0 Å². The van der Waals surface area contributed by atoms with Crippen molar-refractivity contribution in [2.75, 3.05) is 19.1 Å². The zero-order valence-corrected chi connectivity index (χ0v) is 11.6. The highest BCUT2D eigenvalue weighted by atomic mass is 16.6. The Bertz CT molecular complexity index is 516. The number of hydrazine groups is 1. The highest BCUT2D eigenvalue weighted by Crippen LogP contribution is 2.27. The first kappa shape index (κ1) is 15.9. The molecule has 0 heterocycles. The fourth-order valence-electron chi connectivity index (χ4n) is 1.80. The van der Waals surface area contributed by atoms with Crippen LogP contribution < -0.4 is 16.6 Å². The van der Waals surface area contributed by atoms with Crippen molar-refractivity contribution >= 4 is 17.3 Å². The second-order valence-corrected chi connectivity index (χ2v) is 4.87. The minimum absolute atomic E-state index is 0.0248. The number of nitro benzene ring substituents is 1. The van der Waals surface area contributed by atoms with E-state index in [1.165, 1.54) is 25.3 Å². The fourth-order valence-corrected chi connectivity index (χ4v) is 1.80. The number of nitrogens with zero attached hydrogens (tertiary/aromatic N) is 1. The summed E-state index contributed by atoms with van der Waals surface area (Å²) in [6.07, 6.45) is 0. The topological polar surface area (TPSA) is 120 Å². The van der Waals surface area contributed by atoms with Crippen LogP contribution in [0.3, 0.4) is 0 Å². The van der Waals surface area contributed by atoms with Crippen LogP contribution in [0.1, 0.15) is 24.2 Å². The predicted octanol–water partition coefficient (Wildman–Crippen LogP) is 1.04. The lowest BCUT2D eigenvalue weighted by Gasteiger charge is -2.25. The van der Waals surface area contributed by atoms with Gasteiger partial charge < -0.3 is 15.5 Å². The van der Waals surface area contributed by atoms with Crippen LogP contribution in [-0.2, 0) is 4.74 Å². The molecule has 110 valence electrons. The van der Waals surface area contributed by atoms with E-state index in [1.54, 1.807) is 13.8 Å². The van der Waals surface area contributed by atoms with Crippen molar-refractivity contribution in [2.24, 2.45) is 5.84 Å². The molecule has 0 atom stereocenters. The molecule has 0 aliphatic rings. The third-order valence-electron chi connectivity index (χ3n) is 2.59. The van der Waals surface area contributed by atoms with Crippen LogP contribution in [0.2, 0.25) is 0 Å². The van der Waals surface area contributed by atoms with Gasteiger partial charge in [-0.25, -0.2) is 0 Å². The molecule has 8 heteroatoms. The molecular formula is C12H18N4O4. The van der Waals surface area contributed by atoms with Crippen LogP contribution >= 0.6 is 0 Å². The molecule has 0 bridgehead atoms. The van der Waals surface area contributed by atoms with Crippen molar-refractivity contribution in [3.63, 3.8) is 0 Å². The Morgan fingerprint density at radius 2 is 2.15 bits per heavy atom. The predicted molar refractivity (Wildman–Crippen MR) is 74.3 cm³/mol. The van der Waals surface area contributed by atoms with Crippen molar-refractivity contribution in [1.29, 1.82) is 0 Å². The van der Waals surface area contributed by atoms with Gasteiger partial charge in [0.15, 0.2) is 0 Å². The standard InChI is InChI=1S/C12H18N4O4/c1-12(2,7-20-3)14-11(17)8-5-4-6-9(16(18)19)10(8)15-13/h4-6,15H,7,13H2,1-3H3,(H,14,17). The zero-order chi connectivity index (χ0) is 15.3. The summed E-state index contributed by atoms with van der Waals surface area (Å²) in [6, 6.07) is 4.16. The molecule has 20 heavy (non-hydrogen) atoms. The first-order valence-corrected chi connectivity index (χ1v) is 5.88. The summed E-state index contributed by atoms with van der Waals surface area (Å²) in [5.74, 6) is 4.82. The molecule has 4 N–H and O–H groups in total. The van der Waals surface area contributed by atoms with Crippen molar-refractivity contribution in [1.82, 2.24) is 5.32 Å². The van der Waals surface area contributed by atoms with Gasteiger partial charge in [0, 0.05) is 13.2 Å². The monoisotopic (exact) mass is 282 g/mol. The normalized spacial score (nSPS) is 11.0. The zero-order valence-electron chi connectivity index (χ0n) is 11.6. The van der Waals surface area contributed by atoms with Gasteiger partial charge in [-0.15, -0.1) is 0 Å². The molecular weight excluding hydrogens is 264 g/mol. The summed E-state index contributed by atoms with van der Waals surface area (Å²) in [7, 11) is 1.52. The summed E-state index contributed by atoms with van der Waals surface area (Å²) in [4.78, 5) is 22.5. The van der Waals surface area contributed by atoms with E-state index in [0.29, 0.717) is 6.61 Å². The van der Waals surface area contributed by atoms with Gasteiger partial charge in [0.2, 0.25) is 0 Å². The smallest absolute Gasteiger partial charge is 0.294 e. The average molecular weight is 282 g/mol. The van der Waals surface area contributed by atoms with Gasteiger partial charge in [-0.2, -0.15) is 0 Å². The summed E-state index contributed by atoms with van der Waals surface area (Å²) in [6.45, 7) is 3.86. The highest BCUT2D eigenvalue weighted by molar-refractivity contribution is 6.01. The summed E-state index contributed by atoms with van der Waals surface area (Å²) >= 11 is 0. The second kappa shape index (κ2) is 6.31. The molecule has 1 aromatic rings. The molecule has 8 nitrogen and oxygen atoms in total. The Balaban J connectivity index is 3.10. The molecule has 0 fully saturated rings. The number of para-hydroxylation sites is 1. The maximum absolute atomic E-state index is 12.2. The number of nitrogen functional groups attached to an aromatic ring is 1. The van der Waals surface area contributed by atoms with E-state index in [-0.39, 0.29) is 16.9 Å². The van der Waals surface area contributed by atoms with E-state index in [0.717, 1.165) is 0 Å². The largest absolute Gasteiger partial charge is 0.382 e. The van der Waals surface area contributed by atoms with Gasteiger partial charge in [0.1, 0.15) is 5.69 Å². The van der Waals surface area contributed by atoms with Crippen molar-refractivity contribution in [2.45, 2.75) is 19.4 Å². The number of benzene rings is 1. The molecule has 0 aromatic heterocycles. The molecule has 0 aliphatic carbocycles. The summed E-state index contributed by atoms with van der Waals surface area (Å²) in [5, 5.41) is 13.6. The molecule has 0 saturated heterocycles. The lowest BCUT2D eigenvalue weighted by Crippen LogP contribution is -2.47. The Morgan fingerprint density at radius 3 is 2.65 bits per heavy atom. The van der Waals surface area contributed by atoms with E-state index in [4.69, 9.17) is 10.6 Å². The summed E-state index contributed by atoms with van der Waals surface area (Å²) in [5.41, 5.74) is 1.42. The number of nitrogens with two attached hydrogens (primary N) is 1. The molecule has 1 rings (SSSR count). The van der Waals surface area contributed by atoms with Crippen LogP contribution in [0.4, 0.5) is 11.4 Å². The Labute approximate surface area is 116 Å². The first-order valence-electron chi connectivity index (χ1n) is 5.88. The van der Waals surface area contributed by atoms with Crippen LogP contribution in [0.25, 0.3) is 0 Å². The van der Waals surface area contributed by atoms with E-state index < -0.39 is 16.4 Å². The molecule has 0 spiro atoms. The van der Waals surface area contributed by atoms with E-state index in [2.05, 4.69) is 10.7 Å². The van der Waals surface area contributed by atoms with Crippen LogP contribution in [-0.4, -0.2) is 30.1 Å². The molecule has 0 unspecified atom stereocenters. The van der Waals surface area contributed by atoms with Gasteiger partial charge in [0.25, 0.3) is 11.6 Å². The lowest BCUT2D eigenvalue weighted by molar-refractivity contribution is -0.384. The number of rotatable bonds is 6. The van der Waals surface area contributed by atoms with Gasteiger partial charge in [0.05, 0.1) is 22.6 Å². The van der Waals surface area contributed by atoms with Crippen LogP contribution in [0.5, 0.6) is 0 Å². The first-order chi connectivity index (χ1) is 9.32. The van der Waals surface area contributed by atoms with Gasteiger partial charge >= 0.3 is 0 Å². The van der Waals surface area contributed by atoms with Gasteiger partial charge in [-0.1, -0.05) is 6.07 Å². The number of ether oxygens (including phenoxy) is 1. The minimum Gasteiger partial charge on any atom is -0.382 e. The third-order valence-corrected chi connectivity index (χ3v) is 2.59. The second-order valence-electron chi connectivity index (χ2n) is 4.87. The SMILES string of the molecule is COCC(C)(C)NC(=O)c1cccc([N+](=O)[O-])c1NN. The van der Waals surface area contributed by atoms with Crippen molar-refractivity contribution in [3.05, 3.63) is 33.9 Å².